The van der Waals surface area contributed by atoms with Crippen LogP contribution in [0.25, 0.3) is 0 Å². The van der Waals surface area contributed by atoms with Crippen LogP contribution in [0.5, 0.6) is 5.75 Å². The number of rotatable bonds is 6. The Hall–Kier alpha value is -1.56. The van der Waals surface area contributed by atoms with Crippen molar-refractivity contribution in [2.45, 2.75) is 31.8 Å². The summed E-state index contributed by atoms with van der Waals surface area (Å²) in [6.07, 6.45) is 1.72. The van der Waals surface area contributed by atoms with Gasteiger partial charge in [0, 0.05) is 6.04 Å². The molecule has 1 aliphatic carbocycles. The highest BCUT2D eigenvalue weighted by Crippen LogP contribution is 2.29. The van der Waals surface area contributed by atoms with E-state index in [1.54, 1.807) is 6.07 Å². The summed E-state index contributed by atoms with van der Waals surface area (Å²) in [5.74, 6) is -0.719. The lowest BCUT2D eigenvalue weighted by molar-refractivity contribution is -0.150. The maximum absolute atomic E-state index is 12.2. The number of halogens is 1. The first-order valence-corrected chi connectivity index (χ1v) is 7.21. The maximum atomic E-state index is 12.2. The maximum Gasteiger partial charge on any atom is 0.326 e. The van der Waals surface area contributed by atoms with Crippen molar-refractivity contribution in [3.05, 3.63) is 28.7 Å². The number of carboxylic acid groups (broad SMARTS) is 1. The molecular formula is C14H16BrNO4. The molecule has 1 aromatic carbocycles. The molecular weight excluding hydrogens is 326 g/mol. The monoisotopic (exact) mass is 341 g/mol. The Bertz CT molecular complexity index is 516. The van der Waals surface area contributed by atoms with E-state index in [0.29, 0.717) is 5.75 Å². The summed E-state index contributed by atoms with van der Waals surface area (Å²) in [5.41, 5.74) is 0. The van der Waals surface area contributed by atoms with E-state index in [1.165, 1.54) is 11.8 Å². The summed E-state index contributed by atoms with van der Waals surface area (Å²) in [6.45, 7) is 1.37. The van der Waals surface area contributed by atoms with Crippen molar-refractivity contribution in [1.82, 2.24) is 4.90 Å². The Morgan fingerprint density at radius 1 is 1.45 bits per heavy atom. The first kappa shape index (κ1) is 14.8. The number of amides is 1. The molecule has 1 aliphatic rings. The average molecular weight is 342 g/mol. The van der Waals surface area contributed by atoms with Gasteiger partial charge in [-0.2, -0.15) is 0 Å². The second-order valence-corrected chi connectivity index (χ2v) is 5.62. The van der Waals surface area contributed by atoms with Gasteiger partial charge in [0.15, 0.2) is 6.61 Å². The first-order valence-electron chi connectivity index (χ1n) is 6.42. The van der Waals surface area contributed by atoms with E-state index in [1.807, 2.05) is 18.2 Å². The molecule has 0 spiro atoms. The highest BCUT2D eigenvalue weighted by molar-refractivity contribution is 9.10. The van der Waals surface area contributed by atoms with Gasteiger partial charge in [-0.3, -0.25) is 4.79 Å². The van der Waals surface area contributed by atoms with Crippen LogP contribution in [-0.2, 0) is 9.59 Å². The van der Waals surface area contributed by atoms with Crippen LogP contribution in [0, 0.1) is 0 Å². The third-order valence-corrected chi connectivity index (χ3v) is 3.85. The molecule has 0 bridgehead atoms. The number of para-hydroxylation sites is 1. The Labute approximate surface area is 125 Å². The zero-order chi connectivity index (χ0) is 14.7. The Balaban J connectivity index is 1.99. The second-order valence-electron chi connectivity index (χ2n) is 4.77. The molecule has 1 aromatic rings. The van der Waals surface area contributed by atoms with Crippen molar-refractivity contribution in [3.8, 4) is 5.75 Å². The van der Waals surface area contributed by atoms with Crippen LogP contribution in [0.15, 0.2) is 28.7 Å². The van der Waals surface area contributed by atoms with E-state index >= 15 is 0 Å². The smallest absolute Gasteiger partial charge is 0.326 e. The van der Waals surface area contributed by atoms with Crippen molar-refractivity contribution in [3.63, 3.8) is 0 Å². The predicted octanol–water partition coefficient (Wildman–Crippen LogP) is 2.29. The normalized spacial score (nSPS) is 15.5. The molecule has 20 heavy (non-hydrogen) atoms. The number of nitrogens with zero attached hydrogens (tertiary/aromatic N) is 1. The molecule has 0 radical (unpaired) electrons. The molecule has 0 aliphatic heterocycles. The summed E-state index contributed by atoms with van der Waals surface area (Å²) < 4.78 is 6.22. The molecule has 6 heteroatoms. The molecule has 108 valence electrons. The van der Waals surface area contributed by atoms with Gasteiger partial charge in [0.25, 0.3) is 5.91 Å². The lowest BCUT2D eigenvalue weighted by atomic mass is 10.2. The van der Waals surface area contributed by atoms with E-state index in [-0.39, 0.29) is 18.6 Å². The predicted molar refractivity (Wildman–Crippen MR) is 76.6 cm³/mol. The van der Waals surface area contributed by atoms with Gasteiger partial charge in [0.1, 0.15) is 11.8 Å². The number of benzene rings is 1. The molecule has 0 heterocycles. The van der Waals surface area contributed by atoms with Crippen LogP contribution in [-0.4, -0.2) is 40.6 Å². The molecule has 1 N–H and O–H groups in total. The lowest BCUT2D eigenvalue weighted by Crippen LogP contribution is -2.46. The van der Waals surface area contributed by atoms with Crippen molar-refractivity contribution in [1.29, 1.82) is 0 Å². The molecule has 1 unspecified atom stereocenters. The molecule has 1 fully saturated rings. The van der Waals surface area contributed by atoms with E-state index in [0.717, 1.165) is 17.3 Å². The largest absolute Gasteiger partial charge is 0.483 e. The van der Waals surface area contributed by atoms with Crippen LogP contribution >= 0.6 is 15.9 Å². The van der Waals surface area contributed by atoms with Crippen LogP contribution in [0.3, 0.4) is 0 Å². The number of hydrogen-bond acceptors (Lipinski definition) is 3. The molecule has 5 nitrogen and oxygen atoms in total. The molecule has 0 aromatic heterocycles. The van der Waals surface area contributed by atoms with Crippen molar-refractivity contribution in [2.24, 2.45) is 0 Å². The van der Waals surface area contributed by atoms with Crippen LogP contribution in [0.1, 0.15) is 19.8 Å². The van der Waals surface area contributed by atoms with Gasteiger partial charge in [0.2, 0.25) is 0 Å². The van der Waals surface area contributed by atoms with Gasteiger partial charge in [-0.25, -0.2) is 4.79 Å². The van der Waals surface area contributed by atoms with E-state index in [2.05, 4.69) is 15.9 Å². The number of carboxylic acids is 1. The van der Waals surface area contributed by atoms with E-state index in [4.69, 9.17) is 9.84 Å². The molecule has 1 saturated carbocycles. The van der Waals surface area contributed by atoms with Crippen LogP contribution < -0.4 is 4.74 Å². The number of carbonyl (C=O) groups is 2. The number of hydrogen-bond donors (Lipinski definition) is 1. The summed E-state index contributed by atoms with van der Waals surface area (Å²) in [6, 6.07) is 6.44. The topological polar surface area (TPSA) is 66.8 Å². The minimum absolute atomic E-state index is 0.0383. The fraction of sp³-hybridized carbons (Fsp3) is 0.429. The fourth-order valence-electron chi connectivity index (χ4n) is 1.98. The molecule has 0 saturated heterocycles. The van der Waals surface area contributed by atoms with Gasteiger partial charge >= 0.3 is 5.97 Å². The highest BCUT2D eigenvalue weighted by atomic mass is 79.9. The van der Waals surface area contributed by atoms with Gasteiger partial charge in [-0.05, 0) is 47.8 Å². The van der Waals surface area contributed by atoms with Gasteiger partial charge in [-0.1, -0.05) is 12.1 Å². The lowest BCUT2D eigenvalue weighted by Gasteiger charge is -2.26. The van der Waals surface area contributed by atoms with E-state index < -0.39 is 12.0 Å². The summed E-state index contributed by atoms with van der Waals surface area (Å²) in [5, 5.41) is 9.07. The third-order valence-electron chi connectivity index (χ3n) is 3.19. The summed E-state index contributed by atoms with van der Waals surface area (Å²) in [7, 11) is 0. The SMILES string of the molecule is CC(C(=O)O)N(C(=O)COc1ccccc1Br)C1CC1. The Morgan fingerprint density at radius 3 is 2.65 bits per heavy atom. The Kier molecular flexibility index (Phi) is 4.65. The molecule has 2 rings (SSSR count). The average Bonchev–Trinajstić information content (AvgIpc) is 3.22. The second kappa shape index (κ2) is 6.26. The van der Waals surface area contributed by atoms with Crippen molar-refractivity contribution < 1.29 is 19.4 Å². The van der Waals surface area contributed by atoms with Crippen molar-refractivity contribution >= 4 is 27.8 Å². The molecule has 1 amide bonds. The van der Waals surface area contributed by atoms with Gasteiger partial charge in [0.05, 0.1) is 4.47 Å². The zero-order valence-electron chi connectivity index (χ0n) is 11.1. The minimum Gasteiger partial charge on any atom is -0.483 e. The summed E-state index contributed by atoms with van der Waals surface area (Å²) in [4.78, 5) is 24.7. The van der Waals surface area contributed by atoms with E-state index in [9.17, 15) is 9.59 Å². The number of aliphatic carboxylic acids is 1. The zero-order valence-corrected chi connectivity index (χ0v) is 12.7. The number of carbonyl (C=O) groups excluding carboxylic acids is 1. The third kappa shape index (κ3) is 3.50. The first-order chi connectivity index (χ1) is 9.50. The fourth-order valence-corrected chi connectivity index (χ4v) is 2.38. The van der Waals surface area contributed by atoms with Gasteiger partial charge in [-0.15, -0.1) is 0 Å². The van der Waals surface area contributed by atoms with Gasteiger partial charge < -0.3 is 14.7 Å². The molecule has 1 atom stereocenters. The minimum atomic E-state index is -0.994. The highest BCUT2D eigenvalue weighted by Gasteiger charge is 2.38. The standard InChI is InChI=1S/C14H16BrNO4/c1-9(14(18)19)16(10-6-7-10)13(17)8-20-12-5-3-2-4-11(12)15/h2-5,9-10H,6-8H2,1H3,(H,18,19). The quantitative estimate of drug-likeness (QED) is 0.861. The number of ether oxygens (including phenoxy) is 1. The summed E-state index contributed by atoms with van der Waals surface area (Å²) >= 11 is 3.33. The van der Waals surface area contributed by atoms with Crippen LogP contribution in [0.4, 0.5) is 0 Å². The van der Waals surface area contributed by atoms with Crippen molar-refractivity contribution in [2.75, 3.05) is 6.61 Å². The Morgan fingerprint density at radius 2 is 2.10 bits per heavy atom. The van der Waals surface area contributed by atoms with Crippen LogP contribution in [0.2, 0.25) is 0 Å².